The van der Waals surface area contributed by atoms with E-state index in [1.54, 1.807) is 0 Å². The van der Waals surface area contributed by atoms with E-state index < -0.39 is 0 Å². The lowest BCUT2D eigenvalue weighted by molar-refractivity contribution is -0.138. The van der Waals surface area contributed by atoms with E-state index in [2.05, 4.69) is 34.5 Å². The molecule has 2 aromatic rings. The van der Waals surface area contributed by atoms with Crippen LogP contribution in [0.2, 0.25) is 0 Å². The molecule has 3 heteroatoms. The Balaban J connectivity index is 0.000000203. The molecule has 0 aliphatic rings. The smallest absolute Gasteiger partial charge is 0.293 e. The second-order valence-electron chi connectivity index (χ2n) is 4.84. The Labute approximate surface area is 107 Å². The Morgan fingerprint density at radius 3 is 2.39 bits per heavy atom. The highest BCUT2D eigenvalue weighted by atomic mass is 16.5. The van der Waals surface area contributed by atoms with Crippen molar-refractivity contribution in [1.29, 1.82) is 0 Å². The first-order valence-corrected chi connectivity index (χ1v) is 5.78. The van der Waals surface area contributed by atoms with E-state index in [-0.39, 0.29) is 5.60 Å². The molecule has 0 saturated carbocycles. The van der Waals surface area contributed by atoms with Crippen LogP contribution in [0.1, 0.15) is 26.5 Å². The van der Waals surface area contributed by atoms with Gasteiger partial charge >= 0.3 is 0 Å². The van der Waals surface area contributed by atoms with Crippen molar-refractivity contribution in [2.24, 2.45) is 0 Å². The number of para-hydroxylation sites is 1. The highest BCUT2D eigenvalue weighted by Gasteiger charge is 2.07. The van der Waals surface area contributed by atoms with E-state index in [0.29, 0.717) is 6.47 Å². The molecule has 0 atom stereocenters. The Kier molecular flexibility index (Phi) is 4.72. The first kappa shape index (κ1) is 14.0. The maximum absolute atomic E-state index is 9.60. The highest BCUT2D eigenvalue weighted by Crippen LogP contribution is 2.14. The monoisotopic (exact) mass is 245 g/mol. The molecule has 2 rings (SSSR count). The SMILES string of the molecule is C=Cc1cc2ccccc2[nH]1.CC(C)(C)OC=O. The number of carbonyl (C=O) groups excluding carboxylic acids is 1. The number of aromatic amines is 1. The third-order valence-corrected chi connectivity index (χ3v) is 2.17. The summed E-state index contributed by atoms with van der Waals surface area (Å²) in [5.41, 5.74) is 1.93. The van der Waals surface area contributed by atoms with Gasteiger partial charge in [-0.05, 0) is 44.4 Å². The zero-order valence-corrected chi connectivity index (χ0v) is 11.1. The van der Waals surface area contributed by atoms with Crippen molar-refractivity contribution in [2.45, 2.75) is 26.4 Å². The predicted octanol–water partition coefficient (Wildman–Crippen LogP) is 3.77. The molecule has 0 amide bonds. The maximum atomic E-state index is 9.60. The molecule has 0 saturated heterocycles. The number of H-pyrrole nitrogens is 1. The molecule has 0 unspecified atom stereocenters. The number of aromatic nitrogens is 1. The Bertz CT molecular complexity index is 488. The van der Waals surface area contributed by atoms with Crippen LogP contribution < -0.4 is 0 Å². The molecule has 0 radical (unpaired) electrons. The molecular weight excluding hydrogens is 226 g/mol. The zero-order valence-electron chi connectivity index (χ0n) is 11.1. The highest BCUT2D eigenvalue weighted by molar-refractivity contribution is 5.82. The maximum Gasteiger partial charge on any atom is 0.293 e. The molecule has 0 aliphatic heterocycles. The molecule has 3 nitrogen and oxygen atoms in total. The first-order valence-electron chi connectivity index (χ1n) is 5.78. The average molecular weight is 245 g/mol. The summed E-state index contributed by atoms with van der Waals surface area (Å²) in [5.74, 6) is 0. The standard InChI is InChI=1S/C10H9N.C5H10O2/c1-2-9-7-8-5-3-4-6-10(8)11-9;1-5(2,3)7-4-6/h2-7,11H,1H2;4H,1-3H3. The average Bonchev–Trinajstić information content (AvgIpc) is 2.71. The Morgan fingerprint density at radius 2 is 1.94 bits per heavy atom. The second kappa shape index (κ2) is 6.05. The summed E-state index contributed by atoms with van der Waals surface area (Å²) < 4.78 is 4.55. The minimum Gasteiger partial charge on any atom is -0.462 e. The number of rotatable bonds is 2. The van der Waals surface area contributed by atoms with E-state index in [1.807, 2.05) is 39.0 Å². The fourth-order valence-electron chi connectivity index (χ4n) is 1.35. The molecule has 1 heterocycles. The number of ether oxygens (including phenoxy) is 1. The van der Waals surface area contributed by atoms with Crippen LogP contribution in [0.15, 0.2) is 36.9 Å². The van der Waals surface area contributed by atoms with E-state index in [0.717, 1.165) is 5.69 Å². The molecule has 18 heavy (non-hydrogen) atoms. The summed E-state index contributed by atoms with van der Waals surface area (Å²) in [6.07, 6.45) is 1.82. The van der Waals surface area contributed by atoms with E-state index >= 15 is 0 Å². The predicted molar refractivity (Wildman–Crippen MR) is 75.3 cm³/mol. The van der Waals surface area contributed by atoms with Crippen molar-refractivity contribution in [2.75, 3.05) is 0 Å². The number of hydrogen-bond donors (Lipinski definition) is 1. The van der Waals surface area contributed by atoms with Crippen LogP contribution in [0.25, 0.3) is 17.0 Å². The van der Waals surface area contributed by atoms with Crippen LogP contribution >= 0.6 is 0 Å². The van der Waals surface area contributed by atoms with Crippen LogP contribution in [-0.4, -0.2) is 17.1 Å². The second-order valence-corrected chi connectivity index (χ2v) is 4.84. The van der Waals surface area contributed by atoms with Crippen molar-refractivity contribution in [3.63, 3.8) is 0 Å². The lowest BCUT2D eigenvalue weighted by atomic mass is 10.2. The van der Waals surface area contributed by atoms with Crippen molar-refractivity contribution in [3.8, 4) is 0 Å². The normalized spacial score (nSPS) is 10.4. The Hall–Kier alpha value is -2.03. The van der Waals surface area contributed by atoms with Gasteiger partial charge in [-0.3, -0.25) is 4.79 Å². The van der Waals surface area contributed by atoms with Gasteiger partial charge in [0.15, 0.2) is 0 Å². The van der Waals surface area contributed by atoms with Gasteiger partial charge in [0.1, 0.15) is 5.60 Å². The zero-order chi connectivity index (χ0) is 13.6. The van der Waals surface area contributed by atoms with Crippen LogP contribution in [0.4, 0.5) is 0 Å². The lowest BCUT2D eigenvalue weighted by Crippen LogP contribution is -2.17. The van der Waals surface area contributed by atoms with E-state index in [9.17, 15) is 4.79 Å². The van der Waals surface area contributed by atoms with Crippen molar-refractivity contribution in [1.82, 2.24) is 4.98 Å². The molecule has 0 fully saturated rings. The molecule has 1 aromatic heterocycles. The van der Waals surface area contributed by atoms with Gasteiger partial charge in [-0.15, -0.1) is 0 Å². The number of fused-ring (bicyclic) bond motifs is 1. The number of nitrogens with one attached hydrogen (secondary N) is 1. The quantitative estimate of drug-likeness (QED) is 0.818. The number of carbonyl (C=O) groups is 1. The number of benzene rings is 1. The minimum atomic E-state index is -0.318. The van der Waals surface area contributed by atoms with Crippen LogP contribution in [0.5, 0.6) is 0 Å². The topological polar surface area (TPSA) is 42.1 Å². The fraction of sp³-hybridized carbons (Fsp3) is 0.267. The molecule has 1 aromatic carbocycles. The summed E-state index contributed by atoms with van der Waals surface area (Å²) in [7, 11) is 0. The van der Waals surface area contributed by atoms with Gasteiger partial charge < -0.3 is 9.72 Å². The third kappa shape index (κ3) is 4.45. The van der Waals surface area contributed by atoms with Crippen molar-refractivity contribution >= 4 is 23.5 Å². The molecule has 96 valence electrons. The molecule has 0 spiro atoms. The minimum absolute atomic E-state index is 0.318. The van der Waals surface area contributed by atoms with Gasteiger partial charge in [-0.1, -0.05) is 24.8 Å². The summed E-state index contributed by atoms with van der Waals surface area (Å²) in [4.78, 5) is 12.8. The first-order chi connectivity index (χ1) is 8.46. The summed E-state index contributed by atoms with van der Waals surface area (Å²) in [6, 6.07) is 10.3. The van der Waals surface area contributed by atoms with Crippen molar-refractivity contribution < 1.29 is 9.53 Å². The molecular formula is C15H19NO2. The summed E-state index contributed by atoms with van der Waals surface area (Å²) >= 11 is 0. The van der Waals surface area contributed by atoms with Gasteiger partial charge in [0, 0.05) is 11.2 Å². The van der Waals surface area contributed by atoms with Crippen LogP contribution in [0.3, 0.4) is 0 Å². The Morgan fingerprint density at radius 1 is 1.28 bits per heavy atom. The van der Waals surface area contributed by atoms with Gasteiger partial charge in [0.2, 0.25) is 0 Å². The third-order valence-electron chi connectivity index (χ3n) is 2.17. The van der Waals surface area contributed by atoms with Crippen LogP contribution in [-0.2, 0) is 9.53 Å². The molecule has 1 N–H and O–H groups in total. The lowest BCUT2D eigenvalue weighted by Gasteiger charge is -2.14. The molecule has 0 bridgehead atoms. The largest absolute Gasteiger partial charge is 0.462 e. The fourth-order valence-corrected chi connectivity index (χ4v) is 1.35. The summed E-state index contributed by atoms with van der Waals surface area (Å²) in [6.45, 7) is 9.62. The van der Waals surface area contributed by atoms with Crippen LogP contribution in [0, 0.1) is 0 Å². The van der Waals surface area contributed by atoms with E-state index in [1.165, 1.54) is 10.9 Å². The van der Waals surface area contributed by atoms with Gasteiger partial charge in [0.05, 0.1) is 0 Å². The van der Waals surface area contributed by atoms with Crippen molar-refractivity contribution in [3.05, 3.63) is 42.6 Å². The van der Waals surface area contributed by atoms with Gasteiger partial charge in [0.25, 0.3) is 6.47 Å². The van der Waals surface area contributed by atoms with Gasteiger partial charge in [-0.25, -0.2) is 0 Å². The van der Waals surface area contributed by atoms with Gasteiger partial charge in [-0.2, -0.15) is 0 Å². The van der Waals surface area contributed by atoms with E-state index in [4.69, 9.17) is 0 Å². The molecule has 0 aliphatic carbocycles. The number of hydrogen-bond acceptors (Lipinski definition) is 2. The summed E-state index contributed by atoms with van der Waals surface area (Å²) in [5, 5.41) is 1.24.